The van der Waals surface area contributed by atoms with Crippen molar-refractivity contribution in [3.63, 3.8) is 0 Å². The molecule has 156 valence electrons. The van der Waals surface area contributed by atoms with Crippen molar-refractivity contribution in [2.24, 2.45) is 10.9 Å². The minimum atomic E-state index is 0.231. The SMILES string of the molecule is CCNC(=NCC(C)CN1CCCC1)NC(C)c1cccc(N2CCCC2)c1. The van der Waals surface area contributed by atoms with Crippen molar-refractivity contribution < 1.29 is 0 Å². The molecule has 2 aliphatic rings. The summed E-state index contributed by atoms with van der Waals surface area (Å²) in [7, 11) is 0. The van der Waals surface area contributed by atoms with Gasteiger partial charge in [-0.05, 0) is 76.2 Å². The number of guanidine groups is 1. The summed E-state index contributed by atoms with van der Waals surface area (Å²) in [5.41, 5.74) is 2.67. The van der Waals surface area contributed by atoms with E-state index in [0.717, 1.165) is 25.6 Å². The highest BCUT2D eigenvalue weighted by atomic mass is 15.2. The Morgan fingerprint density at radius 3 is 2.50 bits per heavy atom. The maximum Gasteiger partial charge on any atom is 0.191 e. The van der Waals surface area contributed by atoms with Crippen molar-refractivity contribution in [3.05, 3.63) is 29.8 Å². The van der Waals surface area contributed by atoms with Crippen LogP contribution >= 0.6 is 0 Å². The first-order valence-electron chi connectivity index (χ1n) is 11.3. The van der Waals surface area contributed by atoms with E-state index in [4.69, 9.17) is 4.99 Å². The zero-order chi connectivity index (χ0) is 19.8. The third-order valence-corrected chi connectivity index (χ3v) is 5.87. The lowest BCUT2D eigenvalue weighted by molar-refractivity contribution is 0.291. The highest BCUT2D eigenvalue weighted by Gasteiger charge is 2.16. The van der Waals surface area contributed by atoms with Gasteiger partial charge in [-0.1, -0.05) is 19.1 Å². The van der Waals surface area contributed by atoms with Crippen LogP contribution < -0.4 is 15.5 Å². The molecule has 2 aliphatic heterocycles. The summed E-state index contributed by atoms with van der Waals surface area (Å²) in [6, 6.07) is 9.21. The molecule has 28 heavy (non-hydrogen) atoms. The lowest BCUT2D eigenvalue weighted by Crippen LogP contribution is -2.39. The van der Waals surface area contributed by atoms with Crippen LogP contribution in [0.1, 0.15) is 58.1 Å². The topological polar surface area (TPSA) is 42.9 Å². The number of nitrogens with one attached hydrogen (secondary N) is 2. The molecule has 0 amide bonds. The van der Waals surface area contributed by atoms with Crippen molar-refractivity contribution in [2.45, 2.75) is 52.5 Å². The number of aliphatic imine (C=N–C) groups is 1. The fourth-order valence-electron chi connectivity index (χ4n) is 4.29. The van der Waals surface area contributed by atoms with Crippen molar-refractivity contribution in [1.82, 2.24) is 15.5 Å². The molecule has 2 heterocycles. The molecule has 2 N–H and O–H groups in total. The lowest BCUT2D eigenvalue weighted by atomic mass is 10.1. The van der Waals surface area contributed by atoms with Gasteiger partial charge in [0, 0.05) is 38.4 Å². The fraction of sp³-hybridized carbons (Fsp3) is 0.696. The summed E-state index contributed by atoms with van der Waals surface area (Å²) in [6.45, 7) is 14.5. The molecule has 2 atom stereocenters. The highest BCUT2D eigenvalue weighted by molar-refractivity contribution is 5.80. The van der Waals surface area contributed by atoms with Gasteiger partial charge in [-0.15, -0.1) is 0 Å². The van der Waals surface area contributed by atoms with Crippen molar-refractivity contribution in [2.75, 3.05) is 50.7 Å². The predicted octanol–water partition coefficient (Wildman–Crippen LogP) is 3.63. The van der Waals surface area contributed by atoms with Crippen molar-refractivity contribution in [3.8, 4) is 0 Å². The van der Waals surface area contributed by atoms with Gasteiger partial charge in [0.05, 0.1) is 6.04 Å². The minimum absolute atomic E-state index is 0.231. The Hall–Kier alpha value is -1.75. The molecule has 0 spiro atoms. The van der Waals surface area contributed by atoms with Gasteiger partial charge in [0.1, 0.15) is 0 Å². The number of likely N-dealkylation sites (tertiary alicyclic amines) is 1. The van der Waals surface area contributed by atoms with Crippen LogP contribution in [0, 0.1) is 5.92 Å². The summed E-state index contributed by atoms with van der Waals surface area (Å²) < 4.78 is 0. The molecule has 2 saturated heterocycles. The van der Waals surface area contributed by atoms with E-state index in [1.807, 2.05) is 0 Å². The second kappa shape index (κ2) is 10.7. The Morgan fingerprint density at radius 1 is 1.07 bits per heavy atom. The number of benzene rings is 1. The van der Waals surface area contributed by atoms with Crippen molar-refractivity contribution >= 4 is 11.6 Å². The van der Waals surface area contributed by atoms with E-state index in [1.54, 1.807) is 0 Å². The maximum absolute atomic E-state index is 4.88. The van der Waals surface area contributed by atoms with Crippen molar-refractivity contribution in [1.29, 1.82) is 0 Å². The van der Waals surface area contributed by atoms with Gasteiger partial charge in [-0.2, -0.15) is 0 Å². The molecule has 0 radical (unpaired) electrons. The summed E-state index contributed by atoms with van der Waals surface area (Å²) in [5.74, 6) is 1.51. The van der Waals surface area contributed by atoms with Crippen LogP contribution in [-0.2, 0) is 0 Å². The normalized spacial score (nSPS) is 20.4. The molecule has 5 nitrogen and oxygen atoms in total. The summed E-state index contributed by atoms with van der Waals surface area (Å²) in [4.78, 5) is 9.95. The van der Waals surface area contributed by atoms with E-state index >= 15 is 0 Å². The van der Waals surface area contributed by atoms with Gasteiger partial charge < -0.3 is 20.4 Å². The van der Waals surface area contributed by atoms with Crippen LogP contribution in [0.25, 0.3) is 0 Å². The molecule has 3 rings (SSSR count). The fourth-order valence-corrected chi connectivity index (χ4v) is 4.29. The van der Waals surface area contributed by atoms with Crippen LogP contribution in [-0.4, -0.2) is 56.7 Å². The number of hydrogen-bond donors (Lipinski definition) is 2. The van der Waals surface area contributed by atoms with Crippen LogP contribution in [0.5, 0.6) is 0 Å². The van der Waals surface area contributed by atoms with E-state index in [2.05, 4.69) is 65.5 Å². The summed E-state index contributed by atoms with van der Waals surface area (Å²) in [6.07, 6.45) is 5.33. The average Bonchev–Trinajstić information content (AvgIpc) is 3.40. The van der Waals surface area contributed by atoms with Gasteiger partial charge in [0.15, 0.2) is 5.96 Å². The molecular weight excluding hydrogens is 346 g/mol. The predicted molar refractivity (Wildman–Crippen MR) is 120 cm³/mol. The number of nitrogens with zero attached hydrogens (tertiary/aromatic N) is 3. The van der Waals surface area contributed by atoms with Crippen LogP contribution in [0.4, 0.5) is 5.69 Å². The number of anilines is 1. The monoisotopic (exact) mass is 385 g/mol. The van der Waals surface area contributed by atoms with Gasteiger partial charge in [-0.25, -0.2) is 0 Å². The van der Waals surface area contributed by atoms with E-state index in [1.165, 1.54) is 63.1 Å². The zero-order valence-corrected chi connectivity index (χ0v) is 18.1. The van der Waals surface area contributed by atoms with E-state index < -0.39 is 0 Å². The molecule has 0 bridgehead atoms. The van der Waals surface area contributed by atoms with Crippen LogP contribution in [0.2, 0.25) is 0 Å². The Labute approximate surface area is 171 Å². The van der Waals surface area contributed by atoms with Gasteiger partial charge in [-0.3, -0.25) is 4.99 Å². The van der Waals surface area contributed by atoms with Crippen LogP contribution in [0.15, 0.2) is 29.3 Å². The zero-order valence-electron chi connectivity index (χ0n) is 18.1. The quantitative estimate of drug-likeness (QED) is 0.530. The Bertz CT molecular complexity index is 617. The smallest absolute Gasteiger partial charge is 0.191 e. The molecule has 0 saturated carbocycles. The Kier molecular flexibility index (Phi) is 8.01. The summed E-state index contributed by atoms with van der Waals surface area (Å²) >= 11 is 0. The van der Waals surface area contributed by atoms with Gasteiger partial charge in [0.2, 0.25) is 0 Å². The molecular formula is C23H39N5. The molecule has 2 fully saturated rings. The molecule has 1 aromatic rings. The second-order valence-electron chi connectivity index (χ2n) is 8.49. The standard InChI is InChI=1S/C23H39N5/c1-4-24-23(25-17-19(2)18-27-12-5-6-13-27)26-20(3)21-10-9-11-22(16-21)28-14-7-8-15-28/h9-11,16,19-20H,4-8,12-15,17-18H2,1-3H3,(H2,24,25,26). The second-order valence-corrected chi connectivity index (χ2v) is 8.49. The largest absolute Gasteiger partial charge is 0.372 e. The summed E-state index contributed by atoms with van der Waals surface area (Å²) in [5, 5.41) is 7.02. The highest BCUT2D eigenvalue weighted by Crippen LogP contribution is 2.24. The van der Waals surface area contributed by atoms with E-state index in [-0.39, 0.29) is 6.04 Å². The van der Waals surface area contributed by atoms with E-state index in [9.17, 15) is 0 Å². The molecule has 5 heteroatoms. The van der Waals surface area contributed by atoms with E-state index in [0.29, 0.717) is 5.92 Å². The first kappa shape index (κ1) is 21.0. The third-order valence-electron chi connectivity index (χ3n) is 5.87. The van der Waals surface area contributed by atoms with Crippen LogP contribution in [0.3, 0.4) is 0 Å². The molecule has 1 aromatic carbocycles. The maximum atomic E-state index is 4.88. The van der Waals surface area contributed by atoms with Gasteiger partial charge >= 0.3 is 0 Å². The third kappa shape index (κ3) is 6.13. The number of hydrogen-bond acceptors (Lipinski definition) is 3. The lowest BCUT2D eigenvalue weighted by Gasteiger charge is -2.23. The first-order valence-corrected chi connectivity index (χ1v) is 11.3. The molecule has 0 aliphatic carbocycles. The average molecular weight is 386 g/mol. The Morgan fingerprint density at radius 2 is 1.79 bits per heavy atom. The first-order chi connectivity index (χ1) is 13.7. The molecule has 0 aromatic heterocycles. The minimum Gasteiger partial charge on any atom is -0.372 e. The number of rotatable bonds is 8. The molecule has 2 unspecified atom stereocenters. The van der Waals surface area contributed by atoms with Gasteiger partial charge in [0.25, 0.3) is 0 Å². The Balaban J connectivity index is 1.57.